The Bertz CT molecular complexity index is 380. The van der Waals surface area contributed by atoms with E-state index in [4.69, 9.17) is 0 Å². The van der Waals surface area contributed by atoms with E-state index >= 15 is 0 Å². The minimum atomic E-state index is -0.892. The molecule has 2 heteroatoms. The smallest absolute Gasteiger partial charge is 0.126 e. The molecule has 0 bridgehead atoms. The first-order valence-electron chi connectivity index (χ1n) is 5.98. The molecule has 0 heterocycles. The molecule has 0 amide bonds. The second kappa shape index (κ2) is 4.17. The molecule has 0 radical (unpaired) electrons. The summed E-state index contributed by atoms with van der Waals surface area (Å²) in [6.07, 6.45) is 4.35. The molecule has 1 aromatic rings. The van der Waals surface area contributed by atoms with Gasteiger partial charge in [-0.1, -0.05) is 25.0 Å². The molecular formula is C14H19FO. The number of hydrogen-bond acceptors (Lipinski definition) is 1. The number of halogens is 1. The molecule has 0 spiro atoms. The minimum absolute atomic E-state index is 0.232. The zero-order valence-electron chi connectivity index (χ0n) is 9.96. The summed E-state index contributed by atoms with van der Waals surface area (Å²) in [6, 6.07) is 5.02. The molecule has 0 saturated heterocycles. The molecule has 1 fully saturated rings. The summed E-state index contributed by atoms with van der Waals surface area (Å²) < 4.78 is 13.4. The molecular weight excluding hydrogens is 203 g/mol. The molecule has 1 saturated carbocycles. The standard InChI is InChI=1S/C14H19FO/c1-10-3-6-12(9-13(10)15)14(2,16)8-7-11-4-5-11/h3,6,9,11,16H,4-5,7-8H2,1-2H3. The molecule has 1 aliphatic rings. The van der Waals surface area contributed by atoms with Crippen LogP contribution in [-0.2, 0) is 5.60 Å². The molecule has 1 aromatic carbocycles. The third-order valence-electron chi connectivity index (χ3n) is 3.53. The van der Waals surface area contributed by atoms with Crippen molar-refractivity contribution in [3.8, 4) is 0 Å². The van der Waals surface area contributed by atoms with E-state index in [1.165, 1.54) is 18.9 Å². The molecule has 88 valence electrons. The lowest BCUT2D eigenvalue weighted by Crippen LogP contribution is -2.21. The van der Waals surface area contributed by atoms with Crippen LogP contribution in [0.1, 0.15) is 43.7 Å². The molecule has 1 nitrogen and oxygen atoms in total. The highest BCUT2D eigenvalue weighted by Gasteiger charge is 2.28. The molecule has 1 aliphatic carbocycles. The van der Waals surface area contributed by atoms with Gasteiger partial charge in [-0.15, -0.1) is 0 Å². The van der Waals surface area contributed by atoms with Gasteiger partial charge >= 0.3 is 0 Å². The summed E-state index contributed by atoms with van der Waals surface area (Å²) in [5.74, 6) is 0.561. The van der Waals surface area contributed by atoms with Crippen molar-refractivity contribution < 1.29 is 9.50 Å². The lowest BCUT2D eigenvalue weighted by atomic mass is 9.89. The predicted octanol–water partition coefficient (Wildman–Crippen LogP) is 3.53. The zero-order valence-corrected chi connectivity index (χ0v) is 9.96. The van der Waals surface area contributed by atoms with Crippen molar-refractivity contribution in [2.75, 3.05) is 0 Å². The Morgan fingerprint density at radius 3 is 2.69 bits per heavy atom. The Labute approximate surface area is 96.3 Å². The Morgan fingerprint density at radius 1 is 1.44 bits per heavy atom. The van der Waals surface area contributed by atoms with Crippen molar-refractivity contribution in [3.05, 3.63) is 35.1 Å². The van der Waals surface area contributed by atoms with E-state index < -0.39 is 5.60 Å². The van der Waals surface area contributed by atoms with E-state index in [1.54, 1.807) is 19.9 Å². The summed E-state index contributed by atoms with van der Waals surface area (Å²) in [4.78, 5) is 0. The van der Waals surface area contributed by atoms with Gasteiger partial charge in [0.2, 0.25) is 0 Å². The third kappa shape index (κ3) is 2.62. The van der Waals surface area contributed by atoms with Crippen molar-refractivity contribution >= 4 is 0 Å². The topological polar surface area (TPSA) is 20.2 Å². The van der Waals surface area contributed by atoms with Gasteiger partial charge in [0.25, 0.3) is 0 Å². The average molecular weight is 222 g/mol. The van der Waals surface area contributed by atoms with Gasteiger partial charge in [0.15, 0.2) is 0 Å². The van der Waals surface area contributed by atoms with Gasteiger partial charge in [-0.25, -0.2) is 4.39 Å². The summed E-state index contributed by atoms with van der Waals surface area (Å²) in [7, 11) is 0. The summed E-state index contributed by atoms with van der Waals surface area (Å²) in [6.45, 7) is 3.51. The van der Waals surface area contributed by atoms with Gasteiger partial charge in [0.1, 0.15) is 5.82 Å². The van der Waals surface area contributed by atoms with Crippen molar-refractivity contribution in [2.45, 2.75) is 45.1 Å². The van der Waals surface area contributed by atoms with Gasteiger partial charge < -0.3 is 5.11 Å². The van der Waals surface area contributed by atoms with Crippen molar-refractivity contribution in [3.63, 3.8) is 0 Å². The van der Waals surface area contributed by atoms with Gasteiger partial charge in [-0.05, 0) is 49.8 Å². The number of aliphatic hydroxyl groups is 1. The Balaban J connectivity index is 2.09. The molecule has 0 aliphatic heterocycles. The van der Waals surface area contributed by atoms with Gasteiger partial charge in [0, 0.05) is 0 Å². The maximum absolute atomic E-state index is 13.4. The highest BCUT2D eigenvalue weighted by Crippen LogP contribution is 2.37. The Morgan fingerprint density at radius 2 is 2.12 bits per heavy atom. The van der Waals surface area contributed by atoms with Crippen LogP contribution >= 0.6 is 0 Å². The monoisotopic (exact) mass is 222 g/mol. The lowest BCUT2D eigenvalue weighted by molar-refractivity contribution is 0.0436. The lowest BCUT2D eigenvalue weighted by Gasteiger charge is -2.24. The minimum Gasteiger partial charge on any atom is -0.385 e. The highest BCUT2D eigenvalue weighted by molar-refractivity contribution is 5.27. The fourth-order valence-corrected chi connectivity index (χ4v) is 1.96. The largest absolute Gasteiger partial charge is 0.385 e. The van der Waals surface area contributed by atoms with E-state index in [1.807, 2.05) is 6.07 Å². The second-order valence-corrected chi connectivity index (χ2v) is 5.22. The van der Waals surface area contributed by atoms with Crippen LogP contribution < -0.4 is 0 Å². The number of hydrogen-bond donors (Lipinski definition) is 1. The van der Waals surface area contributed by atoms with Gasteiger partial charge in [0.05, 0.1) is 5.60 Å². The fraction of sp³-hybridized carbons (Fsp3) is 0.571. The van der Waals surface area contributed by atoms with Crippen LogP contribution in [0.3, 0.4) is 0 Å². The summed E-state index contributed by atoms with van der Waals surface area (Å²) in [5, 5.41) is 10.3. The van der Waals surface area contributed by atoms with E-state index in [9.17, 15) is 9.50 Å². The van der Waals surface area contributed by atoms with Crippen LogP contribution in [0, 0.1) is 18.7 Å². The molecule has 1 atom stereocenters. The van der Waals surface area contributed by atoms with E-state index in [2.05, 4.69) is 0 Å². The van der Waals surface area contributed by atoms with Crippen LogP contribution in [0.5, 0.6) is 0 Å². The van der Waals surface area contributed by atoms with Crippen LogP contribution in [0.4, 0.5) is 4.39 Å². The summed E-state index contributed by atoms with van der Waals surface area (Å²) >= 11 is 0. The highest BCUT2D eigenvalue weighted by atomic mass is 19.1. The van der Waals surface area contributed by atoms with Crippen molar-refractivity contribution in [1.29, 1.82) is 0 Å². The number of rotatable bonds is 4. The molecule has 2 rings (SSSR count). The normalized spacial score (nSPS) is 19.5. The van der Waals surface area contributed by atoms with Gasteiger partial charge in [-0.3, -0.25) is 0 Å². The first kappa shape index (κ1) is 11.6. The van der Waals surface area contributed by atoms with Crippen LogP contribution in [0.2, 0.25) is 0 Å². The zero-order chi connectivity index (χ0) is 11.8. The van der Waals surface area contributed by atoms with Gasteiger partial charge in [-0.2, -0.15) is 0 Å². The van der Waals surface area contributed by atoms with E-state index in [-0.39, 0.29) is 5.82 Å². The third-order valence-corrected chi connectivity index (χ3v) is 3.53. The van der Waals surface area contributed by atoms with E-state index in [0.29, 0.717) is 11.1 Å². The second-order valence-electron chi connectivity index (χ2n) is 5.22. The van der Waals surface area contributed by atoms with Crippen LogP contribution in [-0.4, -0.2) is 5.11 Å². The molecule has 0 aromatic heterocycles. The van der Waals surface area contributed by atoms with Crippen LogP contribution in [0.15, 0.2) is 18.2 Å². The molecule has 1 unspecified atom stereocenters. The number of benzene rings is 1. The SMILES string of the molecule is Cc1ccc(C(C)(O)CCC2CC2)cc1F. The van der Waals surface area contributed by atoms with E-state index in [0.717, 1.165) is 18.8 Å². The average Bonchev–Trinajstić information content (AvgIpc) is 3.03. The van der Waals surface area contributed by atoms with Crippen LogP contribution in [0.25, 0.3) is 0 Å². The molecule has 1 N–H and O–H groups in total. The maximum Gasteiger partial charge on any atom is 0.126 e. The van der Waals surface area contributed by atoms with Crippen molar-refractivity contribution in [1.82, 2.24) is 0 Å². The summed E-state index contributed by atoms with van der Waals surface area (Å²) in [5.41, 5.74) is 0.426. The Kier molecular flexibility index (Phi) is 3.02. The predicted molar refractivity (Wildman–Crippen MR) is 62.7 cm³/mol. The first-order valence-corrected chi connectivity index (χ1v) is 5.98. The quantitative estimate of drug-likeness (QED) is 0.826. The molecule has 16 heavy (non-hydrogen) atoms. The fourth-order valence-electron chi connectivity index (χ4n) is 1.96. The maximum atomic E-state index is 13.4. The Hall–Kier alpha value is -0.890. The number of aryl methyl sites for hydroxylation is 1. The first-order chi connectivity index (χ1) is 7.49. The van der Waals surface area contributed by atoms with Crippen molar-refractivity contribution in [2.24, 2.45) is 5.92 Å².